The minimum atomic E-state index is -4.64. The molecule has 16 heteroatoms. The molecule has 0 aliphatic rings. The first-order valence-electron chi connectivity index (χ1n) is 14.5. The first-order chi connectivity index (χ1) is 22.2. The Morgan fingerprint density at radius 2 is 1.36 bits per heavy atom. The molecular formula is C31H36F5N7O4. The minimum absolute atomic E-state index is 0.0885. The average Bonchev–Trinajstić information content (AvgIpc) is 3.75. The number of hydrogen-bond acceptors (Lipinski definition) is 10. The van der Waals surface area contributed by atoms with Gasteiger partial charge in [-0.3, -0.25) is 9.63 Å². The van der Waals surface area contributed by atoms with E-state index in [-0.39, 0.29) is 17.6 Å². The first kappa shape index (κ1) is 36.6. The van der Waals surface area contributed by atoms with Crippen molar-refractivity contribution in [3.05, 3.63) is 83.8 Å². The SMILES string of the molecule is C=C(NCc1ccc(-c2noc(C(F)(F)F)n2)cc1)N(CC)CC.CON(C)C(=O)CCc1ccc(-c2noc(C(C)(F)F)n2)cc1. The fourth-order valence-corrected chi connectivity index (χ4v) is 4.00. The maximum absolute atomic E-state index is 13.1. The number of alkyl halides is 5. The van der Waals surface area contributed by atoms with Crippen LogP contribution in [-0.2, 0) is 34.7 Å². The van der Waals surface area contributed by atoms with Crippen molar-refractivity contribution in [2.24, 2.45) is 0 Å². The smallest absolute Gasteiger partial charge is 0.368 e. The van der Waals surface area contributed by atoms with Gasteiger partial charge in [0.15, 0.2) is 0 Å². The fourth-order valence-electron chi connectivity index (χ4n) is 4.00. The quantitative estimate of drug-likeness (QED) is 0.126. The zero-order valence-corrected chi connectivity index (χ0v) is 26.6. The lowest BCUT2D eigenvalue weighted by atomic mass is 10.1. The zero-order chi connectivity index (χ0) is 34.8. The number of benzene rings is 2. The van der Waals surface area contributed by atoms with Gasteiger partial charge in [-0.2, -0.15) is 31.9 Å². The number of aromatic nitrogens is 4. The van der Waals surface area contributed by atoms with Gasteiger partial charge in [0.25, 0.3) is 5.89 Å². The van der Waals surface area contributed by atoms with E-state index in [2.05, 4.69) is 46.1 Å². The summed E-state index contributed by atoms with van der Waals surface area (Å²) in [5, 5.41) is 11.3. The minimum Gasteiger partial charge on any atom is -0.368 e. The van der Waals surface area contributed by atoms with Gasteiger partial charge in [0.1, 0.15) is 0 Å². The van der Waals surface area contributed by atoms with Gasteiger partial charge in [0.2, 0.25) is 17.6 Å². The van der Waals surface area contributed by atoms with Gasteiger partial charge in [-0.1, -0.05) is 65.4 Å². The highest BCUT2D eigenvalue weighted by Crippen LogP contribution is 2.30. The first-order valence-corrected chi connectivity index (χ1v) is 14.5. The Balaban J connectivity index is 0.000000256. The van der Waals surface area contributed by atoms with Crippen LogP contribution in [0.4, 0.5) is 22.0 Å². The number of aryl methyl sites for hydroxylation is 1. The van der Waals surface area contributed by atoms with Crippen molar-refractivity contribution < 1.29 is 40.6 Å². The summed E-state index contributed by atoms with van der Waals surface area (Å²) in [6.45, 7) is 11.1. The highest BCUT2D eigenvalue weighted by Gasteiger charge is 2.38. The van der Waals surface area contributed by atoms with Crippen LogP contribution < -0.4 is 5.32 Å². The Morgan fingerprint density at radius 1 is 0.872 bits per heavy atom. The highest BCUT2D eigenvalue weighted by atomic mass is 19.4. The Hall–Kier alpha value is -4.86. The third kappa shape index (κ3) is 10.6. The van der Waals surface area contributed by atoms with E-state index in [1.807, 2.05) is 13.8 Å². The standard InChI is InChI=1S/C16H19F3N4O.C15H17F2N3O3/c1-4-23(5-2)11(3)20-10-12-6-8-13(9-7-12)14-21-15(24-22-14)16(17,18)19;1-15(16,17)14-18-13(19-23-14)11-7-4-10(5-8-11)6-9-12(21)20(2)22-3/h6-9,20H,3-5,10H2,1-2H3;4-5,7-8H,6,9H2,1-3H3. The molecule has 4 aromatic rings. The van der Waals surface area contributed by atoms with Crippen molar-refractivity contribution in [3.63, 3.8) is 0 Å². The molecule has 0 saturated carbocycles. The van der Waals surface area contributed by atoms with E-state index in [0.717, 1.165) is 30.0 Å². The summed E-state index contributed by atoms with van der Waals surface area (Å²) < 4.78 is 72.3. The van der Waals surface area contributed by atoms with Gasteiger partial charge in [-0.05, 0) is 31.4 Å². The molecule has 0 bridgehead atoms. The predicted octanol–water partition coefficient (Wildman–Crippen LogP) is 6.46. The monoisotopic (exact) mass is 665 g/mol. The van der Waals surface area contributed by atoms with Crippen LogP contribution >= 0.6 is 0 Å². The molecule has 254 valence electrons. The molecule has 0 spiro atoms. The van der Waals surface area contributed by atoms with Gasteiger partial charge in [-0.15, -0.1) is 0 Å². The summed E-state index contributed by atoms with van der Waals surface area (Å²) in [4.78, 5) is 25.6. The third-order valence-electron chi connectivity index (χ3n) is 6.79. The van der Waals surface area contributed by atoms with E-state index in [9.17, 15) is 26.7 Å². The second-order valence-corrected chi connectivity index (χ2v) is 10.2. The molecule has 0 atom stereocenters. The number of halogens is 5. The second kappa shape index (κ2) is 16.1. The van der Waals surface area contributed by atoms with Crippen molar-refractivity contribution >= 4 is 5.91 Å². The Bertz CT molecular complexity index is 1580. The third-order valence-corrected chi connectivity index (χ3v) is 6.79. The maximum atomic E-state index is 13.1. The summed E-state index contributed by atoms with van der Waals surface area (Å²) in [5.41, 5.74) is 2.91. The van der Waals surface area contributed by atoms with Gasteiger partial charge in [-0.25, -0.2) is 5.06 Å². The summed E-state index contributed by atoms with van der Waals surface area (Å²) in [7, 11) is 2.97. The lowest BCUT2D eigenvalue weighted by Crippen LogP contribution is -2.30. The van der Waals surface area contributed by atoms with E-state index in [0.29, 0.717) is 37.4 Å². The van der Waals surface area contributed by atoms with Gasteiger partial charge in [0.05, 0.1) is 12.9 Å². The molecule has 1 amide bonds. The molecule has 0 radical (unpaired) electrons. The molecule has 0 aliphatic heterocycles. The molecule has 2 aromatic heterocycles. The van der Waals surface area contributed by atoms with Crippen LogP contribution in [0, 0.1) is 0 Å². The summed E-state index contributed by atoms with van der Waals surface area (Å²) >= 11 is 0. The Labute approximate surface area is 268 Å². The lowest BCUT2D eigenvalue weighted by molar-refractivity contribution is -0.168. The Morgan fingerprint density at radius 3 is 1.79 bits per heavy atom. The molecule has 11 nitrogen and oxygen atoms in total. The molecule has 0 fully saturated rings. The number of nitrogens with one attached hydrogen (secondary N) is 1. The average molecular weight is 666 g/mol. The number of rotatable bonds is 13. The van der Waals surface area contributed by atoms with Crippen LogP contribution in [0.2, 0.25) is 0 Å². The number of carbonyl (C=O) groups is 1. The topological polar surface area (TPSA) is 123 Å². The van der Waals surface area contributed by atoms with Crippen molar-refractivity contribution in [3.8, 4) is 22.8 Å². The number of nitrogens with zero attached hydrogens (tertiary/aromatic N) is 6. The normalized spacial score (nSPS) is 11.4. The fraction of sp³-hybridized carbons (Fsp3) is 0.387. The van der Waals surface area contributed by atoms with Gasteiger partial charge < -0.3 is 19.3 Å². The molecule has 4 rings (SSSR count). The molecule has 47 heavy (non-hydrogen) atoms. The molecule has 0 unspecified atom stereocenters. The van der Waals surface area contributed by atoms with Crippen LogP contribution in [-0.4, -0.2) is 63.4 Å². The second-order valence-electron chi connectivity index (χ2n) is 10.2. The van der Waals surface area contributed by atoms with Crippen molar-refractivity contribution in [2.75, 3.05) is 27.2 Å². The molecule has 1 N–H and O–H groups in total. The molecular weight excluding hydrogens is 629 g/mol. The predicted molar refractivity (Wildman–Crippen MR) is 161 cm³/mol. The van der Waals surface area contributed by atoms with Gasteiger partial charge >= 0.3 is 18.0 Å². The molecule has 2 heterocycles. The summed E-state index contributed by atoms with van der Waals surface area (Å²) in [6, 6.07) is 13.9. The molecule has 0 saturated heterocycles. The summed E-state index contributed by atoms with van der Waals surface area (Å²) in [5.74, 6) is -4.53. The van der Waals surface area contributed by atoms with Crippen LogP contribution in [0.25, 0.3) is 22.8 Å². The Kier molecular flexibility index (Phi) is 12.5. The number of carbonyl (C=O) groups excluding carboxylic acids is 1. The van der Waals surface area contributed by atoms with Gasteiger partial charge in [0, 0.05) is 51.2 Å². The van der Waals surface area contributed by atoms with E-state index < -0.39 is 23.9 Å². The van der Waals surface area contributed by atoms with Crippen LogP contribution in [0.1, 0.15) is 50.1 Å². The van der Waals surface area contributed by atoms with E-state index in [1.54, 1.807) is 55.6 Å². The largest absolute Gasteiger partial charge is 0.471 e. The van der Waals surface area contributed by atoms with E-state index in [4.69, 9.17) is 4.84 Å². The zero-order valence-electron chi connectivity index (χ0n) is 26.6. The summed E-state index contributed by atoms with van der Waals surface area (Å²) in [6.07, 6.45) is -3.80. The van der Waals surface area contributed by atoms with E-state index in [1.165, 1.54) is 12.2 Å². The van der Waals surface area contributed by atoms with Crippen LogP contribution in [0.15, 0.2) is 70.0 Å². The molecule has 0 aliphatic carbocycles. The number of amides is 1. The van der Waals surface area contributed by atoms with E-state index >= 15 is 0 Å². The highest BCUT2D eigenvalue weighted by molar-refractivity contribution is 5.75. The van der Waals surface area contributed by atoms with Crippen molar-refractivity contribution in [2.45, 2.75) is 52.3 Å². The molecule has 2 aromatic carbocycles. The van der Waals surface area contributed by atoms with Crippen LogP contribution in [0.3, 0.4) is 0 Å². The number of hydroxylamine groups is 2. The van der Waals surface area contributed by atoms with Crippen molar-refractivity contribution in [1.82, 2.24) is 35.6 Å². The lowest BCUT2D eigenvalue weighted by Gasteiger charge is -2.24. The van der Waals surface area contributed by atoms with Crippen molar-refractivity contribution in [1.29, 1.82) is 0 Å². The maximum Gasteiger partial charge on any atom is 0.471 e. The van der Waals surface area contributed by atoms with Crippen LogP contribution in [0.5, 0.6) is 0 Å². The number of hydrogen-bond donors (Lipinski definition) is 1.